The van der Waals surface area contributed by atoms with Gasteiger partial charge in [-0.2, -0.15) is 0 Å². The molecule has 1 aliphatic rings. The van der Waals surface area contributed by atoms with Gasteiger partial charge in [0.1, 0.15) is 5.75 Å². The Morgan fingerprint density at radius 3 is 2.76 bits per heavy atom. The largest absolute Gasteiger partial charge is 0.496 e. The summed E-state index contributed by atoms with van der Waals surface area (Å²) < 4.78 is 5.26. The molecule has 2 atom stereocenters. The number of rotatable bonds is 3. The van der Waals surface area contributed by atoms with Gasteiger partial charge in [-0.15, -0.1) is 0 Å². The molecule has 0 aromatic heterocycles. The molecule has 0 radical (unpaired) electrons. The molecule has 1 aliphatic carbocycles. The van der Waals surface area contributed by atoms with Crippen LogP contribution in [0.25, 0.3) is 0 Å². The zero-order valence-corrected chi connectivity index (χ0v) is 10.6. The Bertz CT molecular complexity index is 398. The summed E-state index contributed by atoms with van der Waals surface area (Å²) >= 11 is 0. The average molecular weight is 232 g/mol. The highest BCUT2D eigenvalue weighted by atomic mass is 16.5. The summed E-state index contributed by atoms with van der Waals surface area (Å²) in [7, 11) is 1.62. The van der Waals surface area contributed by atoms with E-state index in [9.17, 15) is 4.79 Å². The fourth-order valence-corrected chi connectivity index (χ4v) is 2.74. The average Bonchev–Trinajstić information content (AvgIpc) is 2.38. The lowest BCUT2D eigenvalue weighted by atomic mass is 9.78. The highest BCUT2D eigenvalue weighted by Gasteiger charge is 2.27. The van der Waals surface area contributed by atoms with Crippen LogP contribution in [-0.4, -0.2) is 12.9 Å². The maximum atomic E-state index is 12.4. The molecule has 0 heterocycles. The maximum Gasteiger partial charge on any atom is 0.169 e. The molecule has 2 unspecified atom stereocenters. The third kappa shape index (κ3) is 2.68. The first-order chi connectivity index (χ1) is 8.22. The normalized spacial score (nSPS) is 24.4. The van der Waals surface area contributed by atoms with Gasteiger partial charge in [-0.3, -0.25) is 4.79 Å². The van der Waals surface area contributed by atoms with Crippen molar-refractivity contribution in [2.45, 2.75) is 32.6 Å². The van der Waals surface area contributed by atoms with Crippen molar-refractivity contribution >= 4 is 5.78 Å². The van der Waals surface area contributed by atoms with Gasteiger partial charge in [0.2, 0.25) is 0 Å². The lowest BCUT2D eigenvalue weighted by Gasteiger charge is -2.26. The van der Waals surface area contributed by atoms with E-state index in [-0.39, 0.29) is 11.7 Å². The van der Waals surface area contributed by atoms with E-state index < -0.39 is 0 Å². The molecule has 2 heteroatoms. The Hall–Kier alpha value is -1.31. The minimum absolute atomic E-state index is 0.190. The van der Waals surface area contributed by atoms with Gasteiger partial charge in [0.25, 0.3) is 0 Å². The zero-order valence-electron chi connectivity index (χ0n) is 10.6. The third-order valence-electron chi connectivity index (χ3n) is 3.68. The van der Waals surface area contributed by atoms with Crippen LogP contribution in [0.2, 0.25) is 0 Å². The van der Waals surface area contributed by atoms with Crippen molar-refractivity contribution in [3.63, 3.8) is 0 Å². The molecule has 0 bridgehead atoms. The van der Waals surface area contributed by atoms with E-state index in [1.807, 2.05) is 24.3 Å². The van der Waals surface area contributed by atoms with Crippen molar-refractivity contribution < 1.29 is 9.53 Å². The van der Waals surface area contributed by atoms with Gasteiger partial charge in [-0.25, -0.2) is 0 Å². The quantitative estimate of drug-likeness (QED) is 0.743. The molecule has 0 N–H and O–H groups in total. The molecule has 2 rings (SSSR count). The van der Waals surface area contributed by atoms with E-state index in [0.29, 0.717) is 11.7 Å². The zero-order chi connectivity index (χ0) is 12.3. The number of hydrogen-bond acceptors (Lipinski definition) is 2. The number of carbonyl (C=O) groups is 1. The van der Waals surface area contributed by atoms with E-state index in [2.05, 4.69) is 6.92 Å². The van der Waals surface area contributed by atoms with Gasteiger partial charge in [0.15, 0.2) is 5.78 Å². The van der Waals surface area contributed by atoms with Crippen molar-refractivity contribution in [2.75, 3.05) is 7.11 Å². The van der Waals surface area contributed by atoms with Gasteiger partial charge >= 0.3 is 0 Å². The van der Waals surface area contributed by atoms with Crippen molar-refractivity contribution in [1.29, 1.82) is 0 Å². The molecule has 0 amide bonds. The Morgan fingerprint density at radius 2 is 2.06 bits per heavy atom. The van der Waals surface area contributed by atoms with Gasteiger partial charge < -0.3 is 4.74 Å². The Labute approximate surface area is 103 Å². The number of Topliss-reactive ketones (excluding diaryl/α,β-unsaturated/α-hetero) is 1. The van der Waals surface area contributed by atoms with E-state index >= 15 is 0 Å². The molecule has 0 aliphatic heterocycles. The van der Waals surface area contributed by atoms with E-state index in [4.69, 9.17) is 4.74 Å². The molecular formula is C15H20O2. The highest BCUT2D eigenvalue weighted by Crippen LogP contribution is 2.32. The molecule has 1 aromatic carbocycles. The summed E-state index contributed by atoms with van der Waals surface area (Å²) in [5, 5.41) is 0. The van der Waals surface area contributed by atoms with E-state index in [1.54, 1.807) is 7.11 Å². The molecule has 0 spiro atoms. The fraction of sp³-hybridized carbons (Fsp3) is 0.533. The van der Waals surface area contributed by atoms with E-state index in [0.717, 1.165) is 18.4 Å². The van der Waals surface area contributed by atoms with Crippen LogP contribution in [0.3, 0.4) is 0 Å². The highest BCUT2D eigenvalue weighted by molar-refractivity contribution is 6.00. The number of methoxy groups -OCH3 is 1. The van der Waals surface area contributed by atoms with E-state index in [1.165, 1.54) is 12.8 Å². The topological polar surface area (TPSA) is 26.3 Å². The third-order valence-corrected chi connectivity index (χ3v) is 3.68. The molecular weight excluding hydrogens is 212 g/mol. The molecule has 2 nitrogen and oxygen atoms in total. The second kappa shape index (κ2) is 5.35. The Kier molecular flexibility index (Phi) is 3.82. The lowest BCUT2D eigenvalue weighted by Crippen LogP contribution is -2.22. The summed E-state index contributed by atoms with van der Waals surface area (Å²) in [5.74, 6) is 1.83. The Morgan fingerprint density at radius 1 is 1.29 bits per heavy atom. The number of ketones is 1. The van der Waals surface area contributed by atoms with Crippen LogP contribution in [0.1, 0.15) is 43.0 Å². The summed E-state index contributed by atoms with van der Waals surface area (Å²) in [4.78, 5) is 12.4. The van der Waals surface area contributed by atoms with Crippen LogP contribution in [0.5, 0.6) is 5.75 Å². The van der Waals surface area contributed by atoms with Crippen LogP contribution in [0.15, 0.2) is 24.3 Å². The second-order valence-electron chi connectivity index (χ2n) is 5.03. The standard InChI is InChI=1S/C15H20O2/c1-11-6-5-7-12(10-11)15(16)13-8-3-4-9-14(13)17-2/h3-4,8-9,11-12H,5-7,10H2,1-2H3. The molecule has 92 valence electrons. The predicted molar refractivity (Wildman–Crippen MR) is 68.4 cm³/mol. The first-order valence-corrected chi connectivity index (χ1v) is 6.39. The van der Waals surface area contributed by atoms with Crippen LogP contribution >= 0.6 is 0 Å². The smallest absolute Gasteiger partial charge is 0.169 e. The minimum Gasteiger partial charge on any atom is -0.496 e. The molecule has 1 fully saturated rings. The Balaban J connectivity index is 2.18. The lowest BCUT2D eigenvalue weighted by molar-refractivity contribution is 0.0865. The minimum atomic E-state index is 0.190. The number of ether oxygens (including phenoxy) is 1. The fourth-order valence-electron chi connectivity index (χ4n) is 2.74. The van der Waals surface area contributed by atoms with Gasteiger partial charge in [0, 0.05) is 5.92 Å². The first kappa shape index (κ1) is 12.2. The number of hydrogen-bond donors (Lipinski definition) is 0. The van der Waals surface area contributed by atoms with Crippen molar-refractivity contribution in [3.8, 4) is 5.75 Å². The summed E-state index contributed by atoms with van der Waals surface area (Å²) in [6.45, 7) is 2.24. The molecule has 1 aromatic rings. The van der Waals surface area contributed by atoms with Crippen LogP contribution in [0.4, 0.5) is 0 Å². The second-order valence-corrected chi connectivity index (χ2v) is 5.03. The number of para-hydroxylation sites is 1. The van der Waals surface area contributed by atoms with Crippen LogP contribution in [0, 0.1) is 11.8 Å². The molecule has 0 saturated heterocycles. The van der Waals surface area contributed by atoms with Crippen molar-refractivity contribution in [3.05, 3.63) is 29.8 Å². The first-order valence-electron chi connectivity index (χ1n) is 6.39. The SMILES string of the molecule is COc1ccccc1C(=O)C1CCCC(C)C1. The monoisotopic (exact) mass is 232 g/mol. The number of benzene rings is 1. The van der Waals surface area contributed by atoms with Crippen LogP contribution < -0.4 is 4.74 Å². The van der Waals surface area contributed by atoms with Crippen molar-refractivity contribution in [2.24, 2.45) is 11.8 Å². The van der Waals surface area contributed by atoms with Gasteiger partial charge in [0.05, 0.1) is 12.7 Å². The maximum absolute atomic E-state index is 12.4. The predicted octanol–water partition coefficient (Wildman–Crippen LogP) is 3.70. The van der Waals surface area contributed by atoms with Crippen molar-refractivity contribution in [1.82, 2.24) is 0 Å². The summed E-state index contributed by atoms with van der Waals surface area (Å²) in [6, 6.07) is 7.54. The molecule has 1 saturated carbocycles. The van der Waals surface area contributed by atoms with Gasteiger partial charge in [-0.1, -0.05) is 31.9 Å². The van der Waals surface area contributed by atoms with Crippen LogP contribution in [-0.2, 0) is 0 Å². The molecule has 17 heavy (non-hydrogen) atoms. The summed E-state index contributed by atoms with van der Waals surface area (Å²) in [6.07, 6.45) is 4.49. The number of carbonyl (C=O) groups excluding carboxylic acids is 1. The summed E-state index contributed by atoms with van der Waals surface area (Å²) in [5.41, 5.74) is 0.745. The van der Waals surface area contributed by atoms with Gasteiger partial charge in [-0.05, 0) is 30.9 Å².